The Morgan fingerprint density at radius 3 is 2.27 bits per heavy atom. The molecule has 9 heteroatoms. The molecule has 0 fully saturated rings. The second kappa shape index (κ2) is 11.9. The molecule has 0 atom stereocenters. The molecule has 2 N–H and O–H groups in total. The largest absolute Gasteiger partial charge is 0.330 e. The van der Waals surface area contributed by atoms with Crippen molar-refractivity contribution in [2.75, 3.05) is 30.0 Å². The highest BCUT2D eigenvalue weighted by Crippen LogP contribution is 2.48. The molecule has 0 aromatic heterocycles. The standard InChI is InChI=1S/C21H26ClN2O5P/c1-3-28-30(27,29-4-2)15-9-14-19(25)24-18-13-8-12-17(22)20(18)21(26)23-16-10-6-5-7-11-16/h5-8,10-13H,3-4,9,14-15H2,1-2H3,(H,23,26)(H,24,25). The summed E-state index contributed by atoms with van der Waals surface area (Å²) in [7, 11) is -3.20. The predicted octanol–water partition coefficient (Wildman–Crippen LogP) is 5.58. The molecule has 2 aromatic rings. The molecular formula is C21H26ClN2O5P. The molecule has 2 rings (SSSR count). The zero-order valence-corrected chi connectivity index (χ0v) is 18.7. The molecule has 7 nitrogen and oxygen atoms in total. The number of carbonyl (C=O) groups is 2. The van der Waals surface area contributed by atoms with Crippen molar-refractivity contribution in [3.63, 3.8) is 0 Å². The van der Waals surface area contributed by atoms with Gasteiger partial charge in [-0.05, 0) is 44.5 Å². The van der Waals surface area contributed by atoms with Gasteiger partial charge in [0.05, 0.1) is 35.6 Å². The number of nitrogens with one attached hydrogen (secondary N) is 2. The van der Waals surface area contributed by atoms with E-state index in [-0.39, 0.29) is 42.3 Å². The van der Waals surface area contributed by atoms with Gasteiger partial charge in [-0.15, -0.1) is 0 Å². The van der Waals surface area contributed by atoms with Crippen molar-refractivity contribution in [3.05, 3.63) is 59.1 Å². The van der Waals surface area contributed by atoms with Crippen molar-refractivity contribution < 1.29 is 23.2 Å². The number of halogens is 1. The summed E-state index contributed by atoms with van der Waals surface area (Å²) in [5.74, 6) is -0.759. The Balaban J connectivity index is 2.02. The third-order valence-corrected chi connectivity index (χ3v) is 6.52. The second-order valence-corrected chi connectivity index (χ2v) is 8.90. The van der Waals surface area contributed by atoms with Crippen LogP contribution in [0.3, 0.4) is 0 Å². The van der Waals surface area contributed by atoms with Crippen LogP contribution in [-0.2, 0) is 18.4 Å². The maximum atomic E-state index is 12.7. The fourth-order valence-electron chi connectivity index (χ4n) is 2.78. The van der Waals surface area contributed by atoms with Gasteiger partial charge < -0.3 is 19.7 Å². The minimum Gasteiger partial charge on any atom is -0.325 e. The van der Waals surface area contributed by atoms with Gasteiger partial charge in [-0.2, -0.15) is 0 Å². The molecule has 0 heterocycles. The van der Waals surface area contributed by atoms with Crippen molar-refractivity contribution in [2.45, 2.75) is 26.7 Å². The van der Waals surface area contributed by atoms with Crippen LogP contribution in [0.1, 0.15) is 37.0 Å². The topological polar surface area (TPSA) is 93.7 Å². The van der Waals surface area contributed by atoms with Crippen LogP contribution < -0.4 is 10.6 Å². The molecule has 2 aromatic carbocycles. The summed E-state index contributed by atoms with van der Waals surface area (Å²) in [6, 6.07) is 13.8. The van der Waals surface area contributed by atoms with E-state index >= 15 is 0 Å². The number of amides is 2. The fraction of sp³-hybridized carbons (Fsp3) is 0.333. The van der Waals surface area contributed by atoms with Crippen LogP contribution in [-0.4, -0.2) is 31.2 Å². The minimum absolute atomic E-state index is 0.0936. The van der Waals surface area contributed by atoms with Gasteiger partial charge in [0.15, 0.2) is 0 Å². The summed E-state index contributed by atoms with van der Waals surface area (Å²) in [5.41, 5.74) is 1.09. The van der Waals surface area contributed by atoms with Crippen molar-refractivity contribution in [3.8, 4) is 0 Å². The van der Waals surface area contributed by atoms with Crippen LogP contribution in [0, 0.1) is 0 Å². The monoisotopic (exact) mass is 452 g/mol. The molecule has 0 unspecified atom stereocenters. The number of carbonyl (C=O) groups excluding carboxylic acids is 2. The van der Waals surface area contributed by atoms with Crippen molar-refractivity contribution in [1.29, 1.82) is 0 Å². The first-order valence-corrected chi connectivity index (χ1v) is 11.8. The average molecular weight is 453 g/mol. The van der Waals surface area contributed by atoms with Crippen molar-refractivity contribution >= 4 is 42.4 Å². The van der Waals surface area contributed by atoms with Gasteiger partial charge in [0.25, 0.3) is 5.91 Å². The van der Waals surface area contributed by atoms with Gasteiger partial charge in [0.1, 0.15) is 0 Å². The summed E-state index contributed by atoms with van der Waals surface area (Å²) in [4.78, 5) is 25.1. The highest BCUT2D eigenvalue weighted by atomic mass is 35.5. The Bertz CT molecular complexity index is 898. The van der Waals surface area contributed by atoms with Gasteiger partial charge in [-0.25, -0.2) is 0 Å². The lowest BCUT2D eigenvalue weighted by Crippen LogP contribution is -2.19. The minimum atomic E-state index is -3.20. The van der Waals surface area contributed by atoms with Crippen molar-refractivity contribution in [2.24, 2.45) is 0 Å². The Labute approximate surface area is 181 Å². The molecule has 0 spiro atoms. The Hall–Kier alpha value is -2.18. The third-order valence-electron chi connectivity index (χ3n) is 4.03. The van der Waals surface area contributed by atoms with E-state index in [0.717, 1.165) is 0 Å². The lowest BCUT2D eigenvalue weighted by atomic mass is 10.1. The van der Waals surface area contributed by atoms with E-state index in [1.54, 1.807) is 56.3 Å². The zero-order valence-electron chi connectivity index (χ0n) is 17.0. The molecular weight excluding hydrogens is 427 g/mol. The molecule has 0 saturated heterocycles. The Morgan fingerprint density at radius 1 is 0.967 bits per heavy atom. The van der Waals surface area contributed by atoms with Gasteiger partial charge in [-0.3, -0.25) is 14.2 Å². The number of hydrogen-bond acceptors (Lipinski definition) is 5. The SMILES string of the molecule is CCOP(=O)(CCCC(=O)Nc1cccc(Cl)c1C(=O)Nc1ccccc1)OCC. The first-order chi connectivity index (χ1) is 14.4. The van der Waals surface area contributed by atoms with Crippen LogP contribution in [0.25, 0.3) is 0 Å². The number of para-hydroxylation sites is 1. The van der Waals surface area contributed by atoms with Crippen LogP contribution >= 0.6 is 19.2 Å². The summed E-state index contributed by atoms with van der Waals surface area (Å²) in [5, 5.41) is 5.69. The second-order valence-electron chi connectivity index (χ2n) is 6.30. The number of anilines is 2. The number of hydrogen-bond donors (Lipinski definition) is 2. The number of rotatable bonds is 11. The van der Waals surface area contributed by atoms with Gasteiger partial charge in [0, 0.05) is 12.1 Å². The average Bonchev–Trinajstić information content (AvgIpc) is 2.69. The molecule has 0 aliphatic heterocycles. The van der Waals surface area contributed by atoms with Gasteiger partial charge >= 0.3 is 7.60 Å². The van der Waals surface area contributed by atoms with E-state index in [4.69, 9.17) is 20.6 Å². The highest BCUT2D eigenvalue weighted by Gasteiger charge is 2.23. The summed E-state index contributed by atoms with van der Waals surface area (Å²) >= 11 is 6.23. The van der Waals surface area contributed by atoms with Crippen LogP contribution in [0.2, 0.25) is 5.02 Å². The fourth-order valence-corrected chi connectivity index (χ4v) is 4.71. The molecule has 162 valence electrons. The molecule has 2 amide bonds. The molecule has 0 aliphatic rings. The van der Waals surface area contributed by atoms with Crippen LogP contribution in [0.15, 0.2) is 48.5 Å². The Morgan fingerprint density at radius 2 is 1.63 bits per heavy atom. The lowest BCUT2D eigenvalue weighted by molar-refractivity contribution is -0.116. The normalized spacial score (nSPS) is 11.2. The maximum Gasteiger partial charge on any atom is 0.330 e. The van der Waals surface area contributed by atoms with E-state index in [9.17, 15) is 14.2 Å². The van der Waals surface area contributed by atoms with Crippen molar-refractivity contribution in [1.82, 2.24) is 0 Å². The zero-order chi connectivity index (χ0) is 22.0. The van der Waals surface area contributed by atoms with Crippen LogP contribution in [0.5, 0.6) is 0 Å². The molecule has 0 saturated carbocycles. The highest BCUT2D eigenvalue weighted by molar-refractivity contribution is 7.53. The van der Waals surface area contributed by atoms with E-state index in [2.05, 4.69) is 10.6 Å². The summed E-state index contributed by atoms with van der Waals surface area (Å²) in [6.07, 6.45) is 0.546. The van der Waals surface area contributed by atoms with Crippen LogP contribution in [0.4, 0.5) is 11.4 Å². The first kappa shape index (κ1) is 24.1. The Kier molecular flexibility index (Phi) is 9.53. The summed E-state index contributed by atoms with van der Waals surface area (Å²) in [6.45, 7) is 4.01. The summed E-state index contributed by atoms with van der Waals surface area (Å²) < 4.78 is 22.9. The molecule has 30 heavy (non-hydrogen) atoms. The molecule has 0 aliphatic carbocycles. The third kappa shape index (κ3) is 7.26. The van der Waals surface area contributed by atoms with E-state index in [1.807, 2.05) is 6.07 Å². The van der Waals surface area contributed by atoms with Gasteiger partial charge in [0.2, 0.25) is 5.91 Å². The lowest BCUT2D eigenvalue weighted by Gasteiger charge is -2.17. The smallest absolute Gasteiger partial charge is 0.325 e. The first-order valence-electron chi connectivity index (χ1n) is 9.71. The quantitative estimate of drug-likeness (QED) is 0.434. The molecule has 0 radical (unpaired) electrons. The molecule has 0 bridgehead atoms. The van der Waals surface area contributed by atoms with Gasteiger partial charge in [-0.1, -0.05) is 35.9 Å². The van der Waals surface area contributed by atoms with E-state index in [1.165, 1.54) is 0 Å². The maximum absolute atomic E-state index is 12.7. The number of benzene rings is 2. The predicted molar refractivity (Wildman–Crippen MR) is 119 cm³/mol. The van der Waals surface area contributed by atoms with E-state index < -0.39 is 13.5 Å². The van der Waals surface area contributed by atoms with E-state index in [0.29, 0.717) is 17.8 Å².